The third kappa shape index (κ3) is 91.3. The molecule has 0 aromatic heterocycles. The summed E-state index contributed by atoms with van der Waals surface area (Å²) in [6.07, 6.45) is 0. The Bertz CT molecular complexity index is 173. The molecular weight excluding hydrogens is 383 g/mol. The number of aliphatic carboxylic acids is 3. The second kappa shape index (κ2) is 24.8. The smallest absolute Gasteiger partial charge is 0.549 e. The van der Waals surface area contributed by atoms with Crippen molar-refractivity contribution in [3.8, 4) is 0 Å². The maximum Gasteiger partial charge on any atom is 2.00 e. The third-order valence-electron chi connectivity index (χ3n) is 0.500. The molecule has 0 atom stereocenters. The van der Waals surface area contributed by atoms with Gasteiger partial charge in [-0.05, 0) is 0 Å². The molecule has 0 radical (unpaired) electrons. The van der Waals surface area contributed by atoms with Crippen molar-refractivity contribution in [1.29, 1.82) is 0 Å². The van der Waals surface area contributed by atoms with E-state index in [1.807, 2.05) is 0 Å². The van der Waals surface area contributed by atoms with Crippen LogP contribution in [0.5, 0.6) is 0 Å². The van der Waals surface area contributed by atoms with Gasteiger partial charge in [-0.15, -0.1) is 0 Å². The number of carbonyl (C=O) groups excluding carboxylic acids is 3. The number of carbonyl (C=O) groups is 3. The fraction of sp³-hybridized carbons (Fsp3) is 0.500. The molecule has 0 aromatic carbocycles. The van der Waals surface area contributed by atoms with Crippen molar-refractivity contribution in [2.75, 3.05) is 19.6 Å². The molecule has 6 N–H and O–H groups in total. The van der Waals surface area contributed by atoms with Gasteiger partial charge in [0.15, 0.2) is 0 Å². The summed E-state index contributed by atoms with van der Waals surface area (Å²) in [5.74, 6) is -3.65. The van der Waals surface area contributed by atoms with Crippen LogP contribution in [-0.2, 0) is 56.2 Å². The minimum atomic E-state index is -1.22. The minimum absolute atomic E-state index is 0. The van der Waals surface area contributed by atoms with Crippen molar-refractivity contribution in [3.63, 3.8) is 0 Å². The molecule has 0 saturated heterocycles. The summed E-state index contributed by atoms with van der Waals surface area (Å²) in [5, 5.41) is 27.4. The van der Waals surface area contributed by atoms with E-state index in [4.69, 9.17) is 29.7 Å². The van der Waals surface area contributed by atoms with Gasteiger partial charge in [0.05, 0.1) is 17.9 Å². The number of hydrogen-bond acceptors (Lipinski definition) is 9. The Morgan fingerprint density at radius 3 is 0.765 bits per heavy atom. The van der Waals surface area contributed by atoms with Crippen LogP contribution in [0.3, 0.4) is 0 Å². The molecule has 0 saturated carbocycles. The summed E-state index contributed by atoms with van der Waals surface area (Å²) in [5.41, 5.74) is 13.5. The molecule has 0 amide bonds. The van der Waals surface area contributed by atoms with Gasteiger partial charge in [-0.2, -0.15) is 0 Å². The van der Waals surface area contributed by atoms with Crippen LogP contribution in [-0.4, -0.2) is 37.5 Å². The van der Waals surface area contributed by atoms with Crippen LogP contribution in [0.1, 0.15) is 0 Å². The molecule has 11 heteroatoms. The van der Waals surface area contributed by atoms with Crippen LogP contribution in [0.4, 0.5) is 0 Å². The van der Waals surface area contributed by atoms with Crippen molar-refractivity contribution in [2.24, 2.45) is 17.2 Å². The standard InChI is InChI=1S/3C2H5NO2.Ag.Zn/c3*3-1-2(4)5;;/h3*1,3H2,(H,4,5);;/q;;;+1;+2/p-3. The molecule has 0 aromatic rings. The summed E-state index contributed by atoms with van der Waals surface area (Å²) in [4.78, 5) is 27.4. The summed E-state index contributed by atoms with van der Waals surface area (Å²) >= 11 is 0. The maximum absolute atomic E-state index is 9.13. The molecule has 9 nitrogen and oxygen atoms in total. The van der Waals surface area contributed by atoms with Gasteiger partial charge in [0.1, 0.15) is 0 Å². The van der Waals surface area contributed by atoms with E-state index >= 15 is 0 Å². The molecule has 0 fully saturated rings. The molecule has 100 valence electrons. The topological polar surface area (TPSA) is 198 Å². The Morgan fingerprint density at radius 1 is 0.706 bits per heavy atom. The van der Waals surface area contributed by atoms with Crippen molar-refractivity contribution < 1.29 is 71.6 Å². The van der Waals surface area contributed by atoms with Crippen molar-refractivity contribution in [2.45, 2.75) is 0 Å². The van der Waals surface area contributed by atoms with Gasteiger partial charge in [-0.1, -0.05) is 0 Å². The Kier molecular flexibility index (Phi) is 43.7. The summed E-state index contributed by atoms with van der Waals surface area (Å²) in [7, 11) is 0. The first-order valence-corrected chi connectivity index (χ1v) is 3.51. The maximum atomic E-state index is 9.13. The van der Waals surface area contributed by atoms with Gasteiger partial charge in [0.25, 0.3) is 0 Å². The van der Waals surface area contributed by atoms with Crippen LogP contribution in [0.2, 0.25) is 0 Å². The fourth-order valence-electron chi connectivity index (χ4n) is 0. The first-order chi connectivity index (χ1) is 6.81. The van der Waals surface area contributed by atoms with E-state index in [9.17, 15) is 0 Å². The summed E-state index contributed by atoms with van der Waals surface area (Å²) in [6.45, 7) is -1.17. The molecular formula is C6H12AgN3O6Zn. The molecule has 0 heterocycles. The van der Waals surface area contributed by atoms with E-state index in [0.29, 0.717) is 0 Å². The van der Waals surface area contributed by atoms with E-state index in [1.54, 1.807) is 0 Å². The van der Waals surface area contributed by atoms with Gasteiger partial charge in [0.2, 0.25) is 0 Å². The van der Waals surface area contributed by atoms with Crippen LogP contribution >= 0.6 is 0 Å². The Hall–Kier alpha value is -0.346. The molecule has 0 unspecified atom stereocenters. The predicted molar refractivity (Wildman–Crippen MR) is 42.2 cm³/mol. The van der Waals surface area contributed by atoms with Gasteiger partial charge >= 0.3 is 41.9 Å². The van der Waals surface area contributed by atoms with Crippen LogP contribution in [0, 0.1) is 0 Å². The average Bonchev–Trinajstić information content (AvgIpc) is 2.19. The van der Waals surface area contributed by atoms with Gasteiger partial charge in [0, 0.05) is 19.6 Å². The fourth-order valence-corrected chi connectivity index (χ4v) is 0. The Labute approximate surface area is 126 Å². The number of rotatable bonds is 3. The van der Waals surface area contributed by atoms with Gasteiger partial charge in [-0.25, -0.2) is 0 Å². The van der Waals surface area contributed by atoms with E-state index in [0.717, 1.165) is 0 Å². The molecule has 0 aliphatic heterocycles. The monoisotopic (exact) mass is 393 g/mol. The average molecular weight is 395 g/mol. The molecule has 0 aliphatic carbocycles. The van der Waals surface area contributed by atoms with Crippen LogP contribution < -0.4 is 32.5 Å². The van der Waals surface area contributed by atoms with Crippen LogP contribution in [0.15, 0.2) is 0 Å². The zero-order valence-corrected chi connectivity index (χ0v) is 13.3. The Morgan fingerprint density at radius 2 is 0.765 bits per heavy atom. The first-order valence-electron chi connectivity index (χ1n) is 3.51. The summed E-state index contributed by atoms with van der Waals surface area (Å²) in [6, 6.07) is 0. The van der Waals surface area contributed by atoms with Gasteiger partial charge in [-0.3, -0.25) is 0 Å². The van der Waals surface area contributed by atoms with E-state index < -0.39 is 17.9 Å². The normalized spacial score (nSPS) is 6.53. The second-order valence-electron chi connectivity index (χ2n) is 1.73. The van der Waals surface area contributed by atoms with E-state index in [2.05, 4.69) is 17.2 Å². The number of carboxylic acids is 3. The molecule has 0 aliphatic rings. The molecule has 0 bridgehead atoms. The van der Waals surface area contributed by atoms with Crippen molar-refractivity contribution in [1.82, 2.24) is 0 Å². The third-order valence-corrected chi connectivity index (χ3v) is 0.500. The van der Waals surface area contributed by atoms with Crippen LogP contribution in [0.25, 0.3) is 0 Å². The van der Waals surface area contributed by atoms with E-state index in [1.165, 1.54) is 0 Å². The molecule has 0 spiro atoms. The number of nitrogens with two attached hydrogens (primary N) is 3. The second-order valence-corrected chi connectivity index (χ2v) is 1.73. The first kappa shape index (κ1) is 30.0. The number of hydrogen-bond donors (Lipinski definition) is 3. The summed E-state index contributed by atoms with van der Waals surface area (Å²) < 4.78 is 0. The van der Waals surface area contributed by atoms with E-state index in [-0.39, 0.29) is 61.5 Å². The quantitative estimate of drug-likeness (QED) is 0.388. The van der Waals surface area contributed by atoms with Crippen molar-refractivity contribution in [3.05, 3.63) is 0 Å². The minimum Gasteiger partial charge on any atom is -0.549 e. The Balaban J connectivity index is -0.0000000400. The molecule has 0 rings (SSSR count). The zero-order valence-electron chi connectivity index (χ0n) is 8.81. The SMILES string of the molecule is NCC(=O)[O-].NCC(=O)[O-].NCC(=O)[O-].[Ag+].[Zn+2]. The van der Waals surface area contributed by atoms with Gasteiger partial charge < -0.3 is 46.9 Å². The zero-order chi connectivity index (χ0) is 12.9. The predicted octanol–water partition coefficient (Wildman–Crippen LogP) is -6.92. The largest absolute Gasteiger partial charge is 2.00 e. The molecule has 17 heavy (non-hydrogen) atoms. The number of carboxylic acid groups (broad SMARTS) is 3. The van der Waals surface area contributed by atoms with Crippen molar-refractivity contribution >= 4 is 17.9 Å².